The lowest BCUT2D eigenvalue weighted by atomic mass is 10.2. The number of rotatable bonds is 3. The molecule has 1 heterocycles. The number of hydrogen-bond donors (Lipinski definition) is 3. The number of carbonyl (C=O) groups excluding carboxylic acids is 2. The summed E-state index contributed by atoms with van der Waals surface area (Å²) in [5.41, 5.74) is 2.35. The summed E-state index contributed by atoms with van der Waals surface area (Å²) in [7, 11) is 0. The molecular formula is C12H10FN3O4S. The number of nitrogens with one attached hydrogen (secondary N) is 2. The highest BCUT2D eigenvalue weighted by Crippen LogP contribution is 2.20. The standard InChI is InChI=1S/C12H10FN3O4S/c13-7-3-1-6(2-4-7)10(18)15-16-12-14-9(17)5-8(21-12)11(19)20/h1-4,8H,5H2,(H,15,18)(H,19,20)(H,14,16,17)/t8-/m1/s1. The Balaban J connectivity index is 2.02. The van der Waals surface area contributed by atoms with Gasteiger partial charge in [0.05, 0.1) is 0 Å². The molecule has 0 saturated carbocycles. The predicted octanol–water partition coefficient (Wildman–Crippen LogP) is 0.533. The first kappa shape index (κ1) is 15.0. The van der Waals surface area contributed by atoms with Crippen molar-refractivity contribution in [3.63, 3.8) is 0 Å². The lowest BCUT2D eigenvalue weighted by Gasteiger charge is -2.19. The van der Waals surface area contributed by atoms with Crippen LogP contribution in [0, 0.1) is 5.82 Å². The summed E-state index contributed by atoms with van der Waals surface area (Å²) in [6, 6.07) is 4.80. The largest absolute Gasteiger partial charge is 0.480 e. The molecule has 0 bridgehead atoms. The van der Waals surface area contributed by atoms with Crippen LogP contribution in [0.5, 0.6) is 0 Å². The van der Waals surface area contributed by atoms with Crippen LogP contribution in [0.2, 0.25) is 0 Å². The van der Waals surface area contributed by atoms with E-state index in [9.17, 15) is 18.8 Å². The second-order valence-electron chi connectivity index (χ2n) is 4.06. The number of carboxylic acid groups (broad SMARTS) is 1. The molecule has 21 heavy (non-hydrogen) atoms. The topological polar surface area (TPSA) is 108 Å². The zero-order chi connectivity index (χ0) is 15.4. The van der Waals surface area contributed by atoms with Gasteiger partial charge in [0.1, 0.15) is 11.1 Å². The van der Waals surface area contributed by atoms with Crippen LogP contribution < -0.4 is 10.7 Å². The first-order valence-corrected chi connectivity index (χ1v) is 6.66. The van der Waals surface area contributed by atoms with Crippen LogP contribution >= 0.6 is 11.8 Å². The number of carboxylic acids is 1. The van der Waals surface area contributed by atoms with Gasteiger partial charge in [-0.25, -0.2) is 9.82 Å². The molecule has 9 heteroatoms. The molecule has 2 amide bonds. The number of hydrogen-bond acceptors (Lipinski definition) is 5. The van der Waals surface area contributed by atoms with Crippen LogP contribution in [0.3, 0.4) is 0 Å². The van der Waals surface area contributed by atoms with Gasteiger partial charge < -0.3 is 10.4 Å². The zero-order valence-electron chi connectivity index (χ0n) is 10.5. The Hall–Kier alpha value is -2.42. The number of benzene rings is 1. The van der Waals surface area contributed by atoms with Crippen molar-refractivity contribution in [3.8, 4) is 0 Å². The van der Waals surface area contributed by atoms with E-state index in [0.717, 1.165) is 23.9 Å². The minimum atomic E-state index is -1.13. The van der Waals surface area contributed by atoms with Gasteiger partial charge in [-0.3, -0.25) is 14.4 Å². The van der Waals surface area contributed by atoms with Gasteiger partial charge in [0, 0.05) is 12.0 Å². The van der Waals surface area contributed by atoms with Gasteiger partial charge in [-0.15, -0.1) is 5.10 Å². The number of thioether (sulfide) groups is 1. The van der Waals surface area contributed by atoms with E-state index in [1.807, 2.05) is 0 Å². The molecule has 1 saturated heterocycles. The number of halogens is 1. The van der Waals surface area contributed by atoms with Gasteiger partial charge in [-0.05, 0) is 24.3 Å². The first-order valence-electron chi connectivity index (χ1n) is 5.78. The van der Waals surface area contributed by atoms with Crippen molar-refractivity contribution in [2.75, 3.05) is 0 Å². The third-order valence-corrected chi connectivity index (χ3v) is 3.58. The minimum absolute atomic E-state index is 0.00545. The molecule has 1 aromatic carbocycles. The Kier molecular flexibility index (Phi) is 4.53. The SMILES string of the molecule is O=C1C[C@H](C(=O)O)SC(=NNC(=O)c2ccc(F)cc2)N1. The highest BCUT2D eigenvalue weighted by molar-refractivity contribution is 8.15. The Morgan fingerprint density at radius 1 is 1.38 bits per heavy atom. The molecule has 1 aliphatic heterocycles. The molecule has 7 nitrogen and oxygen atoms in total. The minimum Gasteiger partial charge on any atom is -0.480 e. The fraction of sp³-hybridized carbons (Fsp3) is 0.167. The van der Waals surface area contributed by atoms with Gasteiger partial charge >= 0.3 is 5.97 Å². The van der Waals surface area contributed by atoms with E-state index < -0.39 is 28.9 Å². The number of amidine groups is 1. The third-order valence-electron chi connectivity index (χ3n) is 2.51. The second-order valence-corrected chi connectivity index (χ2v) is 5.25. The molecule has 2 rings (SSSR count). The molecule has 0 aromatic heterocycles. The summed E-state index contributed by atoms with van der Waals surface area (Å²) in [5, 5.41) is 13.9. The number of nitrogens with zero attached hydrogens (tertiary/aromatic N) is 1. The highest BCUT2D eigenvalue weighted by atomic mass is 32.2. The smallest absolute Gasteiger partial charge is 0.317 e. The summed E-state index contributed by atoms with van der Waals surface area (Å²) in [5.74, 6) is -2.70. The number of carbonyl (C=O) groups is 3. The Labute approximate surface area is 122 Å². The monoisotopic (exact) mass is 311 g/mol. The molecule has 0 unspecified atom stereocenters. The predicted molar refractivity (Wildman–Crippen MR) is 73.1 cm³/mol. The van der Waals surface area contributed by atoms with Crippen molar-refractivity contribution in [1.82, 2.24) is 10.7 Å². The van der Waals surface area contributed by atoms with Crippen LogP contribution in [0.4, 0.5) is 4.39 Å². The Morgan fingerprint density at radius 2 is 2.05 bits per heavy atom. The van der Waals surface area contributed by atoms with Crippen LogP contribution in [-0.2, 0) is 9.59 Å². The quantitative estimate of drug-likeness (QED) is 0.706. The average Bonchev–Trinajstić information content (AvgIpc) is 2.45. The molecule has 3 N–H and O–H groups in total. The third kappa shape index (κ3) is 4.02. The summed E-state index contributed by atoms with van der Waals surface area (Å²) >= 11 is 0.827. The second kappa shape index (κ2) is 6.35. The molecule has 0 aliphatic carbocycles. The van der Waals surface area contributed by atoms with E-state index >= 15 is 0 Å². The molecule has 1 aliphatic rings. The molecular weight excluding hydrogens is 301 g/mol. The maximum absolute atomic E-state index is 12.7. The van der Waals surface area contributed by atoms with E-state index in [4.69, 9.17) is 5.11 Å². The molecule has 0 spiro atoms. The maximum Gasteiger partial charge on any atom is 0.317 e. The summed E-state index contributed by atoms with van der Waals surface area (Å²) in [6.45, 7) is 0. The van der Waals surface area contributed by atoms with Crippen molar-refractivity contribution >= 4 is 34.7 Å². The Morgan fingerprint density at radius 3 is 2.67 bits per heavy atom. The highest BCUT2D eigenvalue weighted by Gasteiger charge is 2.30. The van der Waals surface area contributed by atoms with Gasteiger partial charge in [0.15, 0.2) is 5.17 Å². The van der Waals surface area contributed by atoms with Crippen LogP contribution in [0.1, 0.15) is 16.8 Å². The van der Waals surface area contributed by atoms with Crippen LogP contribution in [0.25, 0.3) is 0 Å². The average molecular weight is 311 g/mol. The number of hydrazone groups is 1. The zero-order valence-corrected chi connectivity index (χ0v) is 11.3. The van der Waals surface area contributed by atoms with E-state index in [1.54, 1.807) is 0 Å². The molecule has 0 radical (unpaired) electrons. The number of amides is 2. The van der Waals surface area contributed by atoms with Gasteiger partial charge in [0.25, 0.3) is 5.91 Å². The molecule has 1 fully saturated rings. The lowest BCUT2D eigenvalue weighted by Crippen LogP contribution is -2.41. The van der Waals surface area contributed by atoms with E-state index in [-0.39, 0.29) is 17.2 Å². The fourth-order valence-electron chi connectivity index (χ4n) is 1.50. The van der Waals surface area contributed by atoms with Gasteiger partial charge in [-0.1, -0.05) is 11.8 Å². The normalized spacial score (nSPS) is 20.0. The van der Waals surface area contributed by atoms with E-state index in [1.165, 1.54) is 12.1 Å². The lowest BCUT2D eigenvalue weighted by molar-refractivity contribution is -0.138. The summed E-state index contributed by atoms with van der Waals surface area (Å²) in [4.78, 5) is 33.9. The van der Waals surface area contributed by atoms with Crippen molar-refractivity contribution in [2.24, 2.45) is 5.10 Å². The van der Waals surface area contributed by atoms with E-state index in [2.05, 4.69) is 15.8 Å². The Bertz CT molecular complexity index is 617. The number of aliphatic carboxylic acids is 1. The van der Waals surface area contributed by atoms with E-state index in [0.29, 0.717) is 0 Å². The van der Waals surface area contributed by atoms with Gasteiger partial charge in [-0.2, -0.15) is 0 Å². The molecule has 1 aromatic rings. The first-order chi connectivity index (χ1) is 9.95. The van der Waals surface area contributed by atoms with Crippen LogP contribution in [0.15, 0.2) is 29.4 Å². The van der Waals surface area contributed by atoms with Crippen molar-refractivity contribution in [1.29, 1.82) is 0 Å². The summed E-state index contributed by atoms with van der Waals surface area (Å²) in [6.07, 6.45) is -0.162. The van der Waals surface area contributed by atoms with Crippen molar-refractivity contribution in [3.05, 3.63) is 35.6 Å². The maximum atomic E-state index is 12.7. The van der Waals surface area contributed by atoms with Crippen molar-refractivity contribution in [2.45, 2.75) is 11.7 Å². The fourth-order valence-corrected chi connectivity index (χ4v) is 2.38. The van der Waals surface area contributed by atoms with Crippen molar-refractivity contribution < 1.29 is 23.9 Å². The molecule has 110 valence electrons. The summed E-state index contributed by atoms with van der Waals surface area (Å²) < 4.78 is 12.7. The van der Waals surface area contributed by atoms with Gasteiger partial charge in [0.2, 0.25) is 5.91 Å². The molecule has 1 atom stereocenters. The van der Waals surface area contributed by atoms with Crippen LogP contribution in [-0.4, -0.2) is 33.3 Å².